The van der Waals surface area contributed by atoms with Crippen LogP contribution in [0.25, 0.3) is 0 Å². The van der Waals surface area contributed by atoms with E-state index in [0.717, 1.165) is 18.3 Å². The normalized spacial score (nSPS) is 23.4. The van der Waals surface area contributed by atoms with Crippen molar-refractivity contribution in [1.29, 1.82) is 0 Å². The van der Waals surface area contributed by atoms with Gasteiger partial charge in [-0.1, -0.05) is 95.9 Å². The van der Waals surface area contributed by atoms with Gasteiger partial charge in [0.2, 0.25) is 0 Å². The molecule has 0 unspecified atom stereocenters. The SMILES string of the molecule is C=C1C[C@@H](C)[C@H](CC[C@H](CCCCC)O[Si](C)(C)C(C)(C)C)[C@H]1Cc1cccc(C)c1. The molecule has 0 heterocycles. The van der Waals surface area contributed by atoms with Crippen molar-refractivity contribution in [3.8, 4) is 0 Å². The fourth-order valence-corrected chi connectivity index (χ4v) is 6.57. The van der Waals surface area contributed by atoms with Crippen molar-refractivity contribution in [2.24, 2.45) is 17.8 Å². The summed E-state index contributed by atoms with van der Waals surface area (Å²) in [5.41, 5.74) is 4.32. The second-order valence-electron chi connectivity index (χ2n) is 11.9. The van der Waals surface area contributed by atoms with Gasteiger partial charge in [-0.25, -0.2) is 0 Å². The molecule has 0 spiro atoms. The highest BCUT2D eigenvalue weighted by Crippen LogP contribution is 2.45. The maximum absolute atomic E-state index is 6.96. The number of benzene rings is 1. The molecule has 31 heavy (non-hydrogen) atoms. The van der Waals surface area contributed by atoms with Crippen molar-refractivity contribution in [2.75, 3.05) is 0 Å². The third-order valence-electron chi connectivity index (χ3n) is 8.11. The number of unbranched alkanes of at least 4 members (excludes halogenated alkanes) is 2. The molecule has 1 nitrogen and oxygen atoms in total. The summed E-state index contributed by atoms with van der Waals surface area (Å²) in [5.74, 6) is 2.11. The van der Waals surface area contributed by atoms with Crippen LogP contribution in [-0.4, -0.2) is 14.4 Å². The van der Waals surface area contributed by atoms with Crippen molar-refractivity contribution >= 4 is 8.32 Å². The van der Waals surface area contributed by atoms with Gasteiger partial charge in [0.05, 0.1) is 0 Å². The molecule has 176 valence electrons. The lowest BCUT2D eigenvalue weighted by atomic mass is 9.81. The van der Waals surface area contributed by atoms with Crippen LogP contribution in [0.5, 0.6) is 0 Å². The molecule has 2 rings (SSSR count). The Morgan fingerprint density at radius 3 is 2.48 bits per heavy atom. The molecule has 2 heteroatoms. The maximum atomic E-state index is 6.96. The van der Waals surface area contributed by atoms with Gasteiger partial charge in [0, 0.05) is 6.10 Å². The van der Waals surface area contributed by atoms with Gasteiger partial charge in [0.15, 0.2) is 8.32 Å². The summed E-state index contributed by atoms with van der Waals surface area (Å²) in [5, 5.41) is 0.276. The van der Waals surface area contributed by atoms with E-state index < -0.39 is 8.32 Å². The van der Waals surface area contributed by atoms with Crippen molar-refractivity contribution in [1.82, 2.24) is 0 Å². The van der Waals surface area contributed by atoms with Gasteiger partial charge in [-0.05, 0) is 80.5 Å². The highest BCUT2D eigenvalue weighted by molar-refractivity contribution is 6.74. The first-order valence-electron chi connectivity index (χ1n) is 12.9. The van der Waals surface area contributed by atoms with E-state index in [1.807, 2.05) is 0 Å². The molecule has 1 aliphatic rings. The fourth-order valence-electron chi connectivity index (χ4n) is 5.15. The summed E-state index contributed by atoms with van der Waals surface area (Å²) in [6.07, 6.45) is 10.4. The van der Waals surface area contributed by atoms with Gasteiger partial charge in [-0.2, -0.15) is 0 Å². The minimum atomic E-state index is -1.74. The van der Waals surface area contributed by atoms with Crippen LogP contribution in [0.2, 0.25) is 18.1 Å². The number of hydrogen-bond donors (Lipinski definition) is 0. The molecule has 0 amide bonds. The molecule has 0 radical (unpaired) electrons. The Balaban J connectivity index is 2.08. The summed E-state index contributed by atoms with van der Waals surface area (Å²) < 4.78 is 6.96. The quantitative estimate of drug-likeness (QED) is 0.188. The number of allylic oxidation sites excluding steroid dienone is 1. The first-order chi connectivity index (χ1) is 14.4. The summed E-state index contributed by atoms with van der Waals surface area (Å²) in [6.45, 7) is 23.4. The van der Waals surface area contributed by atoms with Gasteiger partial charge in [0.25, 0.3) is 0 Å². The summed E-state index contributed by atoms with van der Waals surface area (Å²) in [6, 6.07) is 9.07. The Hall–Kier alpha value is -0.863. The molecule has 0 N–H and O–H groups in total. The molecular weight excluding hydrogens is 392 g/mol. The maximum Gasteiger partial charge on any atom is 0.192 e. The molecule has 1 aromatic carbocycles. The van der Waals surface area contributed by atoms with E-state index in [1.165, 1.54) is 61.6 Å². The van der Waals surface area contributed by atoms with E-state index >= 15 is 0 Å². The third kappa shape index (κ3) is 7.60. The van der Waals surface area contributed by atoms with Crippen LogP contribution < -0.4 is 0 Å². The lowest BCUT2D eigenvalue weighted by Crippen LogP contribution is -2.44. The second kappa shape index (κ2) is 11.3. The predicted molar refractivity (Wildman–Crippen MR) is 140 cm³/mol. The van der Waals surface area contributed by atoms with Crippen molar-refractivity contribution in [3.05, 3.63) is 47.5 Å². The van der Waals surface area contributed by atoms with Gasteiger partial charge in [0.1, 0.15) is 0 Å². The highest BCUT2D eigenvalue weighted by Gasteiger charge is 2.40. The van der Waals surface area contributed by atoms with Crippen molar-refractivity contribution in [3.63, 3.8) is 0 Å². The molecule has 0 bridgehead atoms. The van der Waals surface area contributed by atoms with Gasteiger partial charge in [-0.3, -0.25) is 0 Å². The lowest BCUT2D eigenvalue weighted by molar-refractivity contribution is 0.140. The van der Waals surface area contributed by atoms with E-state index in [9.17, 15) is 0 Å². The first kappa shape index (κ1) is 26.4. The average molecular weight is 443 g/mol. The van der Waals surface area contributed by atoms with Crippen LogP contribution >= 0.6 is 0 Å². The highest BCUT2D eigenvalue weighted by atomic mass is 28.4. The van der Waals surface area contributed by atoms with Crippen LogP contribution in [0.4, 0.5) is 0 Å². The van der Waals surface area contributed by atoms with E-state index in [-0.39, 0.29) is 5.04 Å². The molecule has 4 atom stereocenters. The zero-order chi connectivity index (χ0) is 23.2. The Morgan fingerprint density at radius 1 is 1.16 bits per heavy atom. The molecule has 0 aliphatic heterocycles. The van der Waals surface area contributed by atoms with Crippen LogP contribution in [0.3, 0.4) is 0 Å². The van der Waals surface area contributed by atoms with E-state index in [1.54, 1.807) is 0 Å². The first-order valence-corrected chi connectivity index (χ1v) is 15.8. The zero-order valence-corrected chi connectivity index (χ0v) is 22.9. The summed E-state index contributed by atoms with van der Waals surface area (Å²) in [7, 11) is -1.74. The van der Waals surface area contributed by atoms with Gasteiger partial charge >= 0.3 is 0 Å². The van der Waals surface area contributed by atoms with Crippen molar-refractivity contribution in [2.45, 2.75) is 117 Å². The number of rotatable bonds is 11. The molecule has 1 aromatic rings. The molecule has 1 fully saturated rings. The second-order valence-corrected chi connectivity index (χ2v) is 16.6. The predicted octanol–water partition coefficient (Wildman–Crippen LogP) is 9.12. The van der Waals surface area contributed by atoms with Gasteiger partial charge < -0.3 is 4.43 Å². The molecule has 1 aliphatic carbocycles. The molecular formula is C29H50OSi. The smallest absolute Gasteiger partial charge is 0.192 e. The number of aryl methyl sites for hydroxylation is 1. The Kier molecular flexibility index (Phi) is 9.64. The van der Waals surface area contributed by atoms with Crippen LogP contribution in [0.15, 0.2) is 36.4 Å². The van der Waals surface area contributed by atoms with Crippen LogP contribution in [-0.2, 0) is 10.8 Å². The van der Waals surface area contributed by atoms with Gasteiger partial charge in [-0.15, -0.1) is 0 Å². The zero-order valence-electron chi connectivity index (χ0n) is 21.9. The lowest BCUT2D eigenvalue weighted by Gasteiger charge is -2.40. The summed E-state index contributed by atoms with van der Waals surface area (Å²) >= 11 is 0. The van der Waals surface area contributed by atoms with E-state index in [0.29, 0.717) is 12.0 Å². The van der Waals surface area contributed by atoms with Crippen LogP contribution in [0.1, 0.15) is 90.7 Å². The van der Waals surface area contributed by atoms with Crippen molar-refractivity contribution < 1.29 is 4.43 Å². The van der Waals surface area contributed by atoms with E-state index in [4.69, 9.17) is 4.43 Å². The largest absolute Gasteiger partial charge is 0.414 e. The average Bonchev–Trinajstić information content (AvgIpc) is 2.91. The third-order valence-corrected chi connectivity index (χ3v) is 12.6. The Labute approximate surface area is 195 Å². The fraction of sp³-hybridized carbons (Fsp3) is 0.724. The molecule has 1 saturated carbocycles. The molecule has 0 aromatic heterocycles. The molecule has 0 saturated heterocycles. The Bertz CT molecular complexity index is 699. The topological polar surface area (TPSA) is 9.23 Å². The van der Waals surface area contributed by atoms with E-state index in [2.05, 4.69) is 85.5 Å². The van der Waals surface area contributed by atoms with Crippen LogP contribution in [0, 0.1) is 24.7 Å². The summed E-state index contributed by atoms with van der Waals surface area (Å²) in [4.78, 5) is 0. The number of hydrogen-bond acceptors (Lipinski definition) is 1. The minimum Gasteiger partial charge on any atom is -0.414 e. The minimum absolute atomic E-state index is 0.276. The standard InChI is InChI=1S/C29H50OSi/c1-10-11-12-16-26(30-31(8,9)29(5,6)7)17-18-27-23(3)20-24(4)28(27)21-25-15-13-14-22(2)19-25/h13-15,19,23,26-28H,4,10-12,16-18,20-21H2,1-3,5-9H3/t23-,26+,27+,28+/m1/s1. The Morgan fingerprint density at radius 2 is 1.87 bits per heavy atom. The monoisotopic (exact) mass is 442 g/mol.